The van der Waals surface area contributed by atoms with Gasteiger partial charge in [0.15, 0.2) is 0 Å². The summed E-state index contributed by atoms with van der Waals surface area (Å²) in [6.45, 7) is 3.14. The van der Waals surface area contributed by atoms with Gasteiger partial charge in [0, 0.05) is 34.4 Å². The second kappa shape index (κ2) is 5.22. The van der Waals surface area contributed by atoms with Crippen molar-refractivity contribution in [3.63, 3.8) is 0 Å². The highest BCUT2D eigenvalue weighted by Crippen LogP contribution is 2.24. The van der Waals surface area contributed by atoms with Gasteiger partial charge in [0.2, 0.25) is 0 Å². The van der Waals surface area contributed by atoms with Crippen molar-refractivity contribution < 1.29 is 9.90 Å². The molecule has 2 N–H and O–H groups in total. The normalized spacial score (nSPS) is 20.6. The number of nitrogens with zero attached hydrogens (tertiary/aromatic N) is 1. The Kier molecular flexibility index (Phi) is 3.56. The van der Waals surface area contributed by atoms with Gasteiger partial charge in [0.1, 0.15) is 5.69 Å². The van der Waals surface area contributed by atoms with E-state index in [4.69, 9.17) is 0 Å². The van der Waals surface area contributed by atoms with Gasteiger partial charge in [-0.25, -0.2) is 0 Å². The minimum atomic E-state index is -0.355. The summed E-state index contributed by atoms with van der Waals surface area (Å²) in [6.07, 6.45) is 0.515. The highest BCUT2D eigenvalue weighted by molar-refractivity contribution is 9.10. The van der Waals surface area contributed by atoms with E-state index in [2.05, 4.69) is 20.9 Å². The van der Waals surface area contributed by atoms with Crippen LogP contribution in [0.3, 0.4) is 0 Å². The standard InChI is InChI=1S/C15H17BrN2O2/c1-9(19)10-4-5-18(8-10)15(20)14-7-11-6-12(16)2-3-13(11)17-14/h2-3,6-7,9-10,17,19H,4-5,8H2,1H3. The minimum Gasteiger partial charge on any atom is -0.393 e. The number of halogens is 1. The van der Waals surface area contributed by atoms with E-state index in [9.17, 15) is 9.90 Å². The molecule has 4 nitrogen and oxygen atoms in total. The average Bonchev–Trinajstić information content (AvgIpc) is 3.03. The number of fused-ring (bicyclic) bond motifs is 1. The van der Waals surface area contributed by atoms with Crippen molar-refractivity contribution in [3.8, 4) is 0 Å². The molecule has 0 bridgehead atoms. The van der Waals surface area contributed by atoms with Gasteiger partial charge >= 0.3 is 0 Å². The number of aromatic nitrogens is 1. The Morgan fingerprint density at radius 2 is 2.30 bits per heavy atom. The molecule has 20 heavy (non-hydrogen) atoms. The van der Waals surface area contributed by atoms with Crippen LogP contribution in [0.1, 0.15) is 23.8 Å². The number of nitrogens with one attached hydrogen (secondary N) is 1. The SMILES string of the molecule is CC(O)C1CCN(C(=O)c2cc3cc(Br)ccc3[nH]2)C1. The lowest BCUT2D eigenvalue weighted by atomic mass is 10.0. The molecule has 2 aromatic rings. The third-order valence-corrected chi connectivity index (χ3v) is 4.50. The third-order valence-electron chi connectivity index (χ3n) is 4.01. The second-order valence-corrected chi connectivity index (χ2v) is 6.37. The first-order valence-electron chi connectivity index (χ1n) is 6.80. The first-order valence-corrected chi connectivity index (χ1v) is 7.59. The maximum Gasteiger partial charge on any atom is 0.270 e. The van der Waals surface area contributed by atoms with E-state index in [1.807, 2.05) is 29.2 Å². The minimum absolute atomic E-state index is 0.0143. The number of hydrogen-bond donors (Lipinski definition) is 2. The summed E-state index contributed by atoms with van der Waals surface area (Å²) in [4.78, 5) is 17.5. The van der Waals surface area contributed by atoms with Crippen LogP contribution < -0.4 is 0 Å². The monoisotopic (exact) mass is 336 g/mol. The van der Waals surface area contributed by atoms with Crippen molar-refractivity contribution in [1.82, 2.24) is 9.88 Å². The number of amides is 1. The fraction of sp³-hybridized carbons (Fsp3) is 0.400. The lowest BCUT2D eigenvalue weighted by molar-refractivity contribution is 0.0757. The summed E-state index contributed by atoms with van der Waals surface area (Å²) in [5, 5.41) is 10.6. The number of hydrogen-bond acceptors (Lipinski definition) is 2. The van der Waals surface area contributed by atoms with Crippen molar-refractivity contribution >= 4 is 32.7 Å². The van der Waals surface area contributed by atoms with Crippen LogP contribution in [0, 0.1) is 5.92 Å². The fourth-order valence-corrected chi connectivity index (χ4v) is 3.13. The van der Waals surface area contributed by atoms with Gasteiger partial charge in [0.25, 0.3) is 5.91 Å². The topological polar surface area (TPSA) is 56.3 Å². The highest BCUT2D eigenvalue weighted by atomic mass is 79.9. The molecule has 2 heterocycles. The molecule has 1 aliphatic heterocycles. The number of benzene rings is 1. The first-order chi connectivity index (χ1) is 9.54. The van der Waals surface area contributed by atoms with Gasteiger partial charge in [0.05, 0.1) is 6.10 Å². The van der Waals surface area contributed by atoms with Crippen LogP contribution in [0.2, 0.25) is 0 Å². The van der Waals surface area contributed by atoms with Crippen molar-refractivity contribution in [1.29, 1.82) is 0 Å². The molecule has 1 saturated heterocycles. The van der Waals surface area contributed by atoms with Crippen molar-refractivity contribution in [2.24, 2.45) is 5.92 Å². The number of aliphatic hydroxyl groups excluding tert-OH is 1. The number of aromatic amines is 1. The van der Waals surface area contributed by atoms with Gasteiger partial charge in [-0.15, -0.1) is 0 Å². The molecular formula is C15H17BrN2O2. The maximum absolute atomic E-state index is 12.5. The first kappa shape index (κ1) is 13.6. The molecule has 0 saturated carbocycles. The summed E-state index contributed by atoms with van der Waals surface area (Å²) < 4.78 is 0.998. The molecule has 0 aliphatic carbocycles. The highest BCUT2D eigenvalue weighted by Gasteiger charge is 2.30. The van der Waals surface area contributed by atoms with Crippen LogP contribution in [0.25, 0.3) is 10.9 Å². The van der Waals surface area contributed by atoms with Crippen LogP contribution in [0.15, 0.2) is 28.7 Å². The van der Waals surface area contributed by atoms with Gasteiger partial charge < -0.3 is 15.0 Å². The van der Waals surface area contributed by atoms with Gasteiger partial charge in [-0.3, -0.25) is 4.79 Å². The Morgan fingerprint density at radius 1 is 1.50 bits per heavy atom. The summed E-state index contributed by atoms with van der Waals surface area (Å²) >= 11 is 3.43. The molecule has 106 valence electrons. The Balaban J connectivity index is 1.82. The quantitative estimate of drug-likeness (QED) is 0.885. The molecule has 0 radical (unpaired) electrons. The zero-order valence-electron chi connectivity index (χ0n) is 11.3. The average molecular weight is 337 g/mol. The van der Waals surface area contributed by atoms with Crippen LogP contribution in [0.5, 0.6) is 0 Å². The van der Waals surface area contributed by atoms with E-state index in [-0.39, 0.29) is 17.9 Å². The molecule has 5 heteroatoms. The molecular weight excluding hydrogens is 320 g/mol. The molecule has 2 unspecified atom stereocenters. The van der Waals surface area contributed by atoms with Crippen molar-refractivity contribution in [3.05, 3.63) is 34.4 Å². The number of carbonyl (C=O) groups is 1. The summed E-state index contributed by atoms with van der Waals surface area (Å²) in [5.41, 5.74) is 1.58. The fourth-order valence-electron chi connectivity index (χ4n) is 2.75. The number of rotatable bonds is 2. The van der Waals surface area contributed by atoms with E-state index in [1.165, 1.54) is 0 Å². The largest absolute Gasteiger partial charge is 0.393 e. The van der Waals surface area contributed by atoms with Crippen LogP contribution in [-0.4, -0.2) is 40.1 Å². The van der Waals surface area contributed by atoms with Gasteiger partial charge in [-0.05, 0) is 37.6 Å². The number of H-pyrrole nitrogens is 1. The summed E-state index contributed by atoms with van der Waals surface area (Å²) in [5.74, 6) is 0.206. The predicted molar refractivity (Wildman–Crippen MR) is 81.7 cm³/mol. The second-order valence-electron chi connectivity index (χ2n) is 5.46. The van der Waals surface area contributed by atoms with E-state index in [1.54, 1.807) is 6.92 Å². The Hall–Kier alpha value is -1.33. The lowest BCUT2D eigenvalue weighted by Gasteiger charge is -2.16. The van der Waals surface area contributed by atoms with Gasteiger partial charge in [-0.2, -0.15) is 0 Å². The van der Waals surface area contributed by atoms with E-state index >= 15 is 0 Å². The lowest BCUT2D eigenvalue weighted by Crippen LogP contribution is -2.30. The van der Waals surface area contributed by atoms with Crippen molar-refractivity contribution in [2.45, 2.75) is 19.4 Å². The predicted octanol–water partition coefficient (Wildman–Crippen LogP) is 2.77. The molecule has 2 atom stereocenters. The van der Waals surface area contributed by atoms with Crippen LogP contribution >= 0.6 is 15.9 Å². The van der Waals surface area contributed by atoms with E-state index < -0.39 is 0 Å². The van der Waals surface area contributed by atoms with Crippen LogP contribution in [0.4, 0.5) is 0 Å². The third kappa shape index (κ3) is 2.47. The zero-order valence-corrected chi connectivity index (χ0v) is 12.9. The van der Waals surface area contributed by atoms with Crippen molar-refractivity contribution in [2.75, 3.05) is 13.1 Å². The maximum atomic E-state index is 12.5. The Bertz CT molecular complexity index is 650. The Labute approximate surface area is 125 Å². The zero-order chi connectivity index (χ0) is 14.3. The number of likely N-dealkylation sites (tertiary alicyclic amines) is 1. The van der Waals surface area contributed by atoms with E-state index in [0.717, 1.165) is 21.8 Å². The molecule has 0 spiro atoms. The molecule has 1 aromatic heterocycles. The molecule has 3 rings (SSSR count). The van der Waals surface area contributed by atoms with Gasteiger partial charge in [-0.1, -0.05) is 15.9 Å². The molecule has 1 aliphatic rings. The molecule has 1 fully saturated rings. The van der Waals surface area contributed by atoms with E-state index in [0.29, 0.717) is 18.8 Å². The summed E-state index contributed by atoms with van der Waals surface area (Å²) in [7, 11) is 0. The smallest absolute Gasteiger partial charge is 0.270 e. The number of aliphatic hydroxyl groups is 1. The molecule has 1 aromatic carbocycles. The Morgan fingerprint density at radius 3 is 3.00 bits per heavy atom. The summed E-state index contributed by atoms with van der Waals surface area (Å²) in [6, 6.07) is 7.79. The molecule has 1 amide bonds. The van der Waals surface area contributed by atoms with Crippen LogP contribution in [-0.2, 0) is 0 Å². The number of carbonyl (C=O) groups excluding carboxylic acids is 1.